The highest BCUT2D eigenvalue weighted by molar-refractivity contribution is 7.15. The van der Waals surface area contributed by atoms with Crippen molar-refractivity contribution in [3.63, 3.8) is 0 Å². The SMILES string of the molecule is COc1cccc(-c2ncc(CN3CCOC[C@@H]3CC(N)=O)s2)c1. The van der Waals surface area contributed by atoms with Crippen LogP contribution < -0.4 is 10.5 Å². The average Bonchev–Trinajstić information content (AvgIpc) is 3.05. The van der Waals surface area contributed by atoms with E-state index in [0.717, 1.165) is 34.3 Å². The fraction of sp³-hybridized carbons (Fsp3) is 0.412. The number of amides is 1. The van der Waals surface area contributed by atoms with E-state index >= 15 is 0 Å². The molecule has 1 aliphatic rings. The Labute approximate surface area is 145 Å². The van der Waals surface area contributed by atoms with Gasteiger partial charge in [-0.05, 0) is 12.1 Å². The van der Waals surface area contributed by atoms with Crippen LogP contribution in [0.1, 0.15) is 11.3 Å². The normalized spacial score (nSPS) is 18.5. The van der Waals surface area contributed by atoms with Gasteiger partial charge in [0, 0.05) is 42.2 Å². The molecule has 0 bridgehead atoms. The van der Waals surface area contributed by atoms with Gasteiger partial charge in [-0.1, -0.05) is 12.1 Å². The highest BCUT2D eigenvalue weighted by Crippen LogP contribution is 2.29. The van der Waals surface area contributed by atoms with Crippen molar-refractivity contribution in [1.29, 1.82) is 0 Å². The van der Waals surface area contributed by atoms with Gasteiger partial charge in [-0.3, -0.25) is 9.69 Å². The Kier molecular flexibility index (Phi) is 5.44. The van der Waals surface area contributed by atoms with Crippen LogP contribution in [0.3, 0.4) is 0 Å². The minimum Gasteiger partial charge on any atom is -0.497 e. The van der Waals surface area contributed by atoms with Gasteiger partial charge < -0.3 is 15.2 Å². The lowest BCUT2D eigenvalue weighted by Gasteiger charge is -2.34. The zero-order valence-corrected chi connectivity index (χ0v) is 14.4. The summed E-state index contributed by atoms with van der Waals surface area (Å²) in [5, 5.41) is 0.962. The van der Waals surface area contributed by atoms with Crippen LogP contribution in [0.25, 0.3) is 10.6 Å². The van der Waals surface area contributed by atoms with Crippen LogP contribution in [-0.4, -0.2) is 48.7 Å². The van der Waals surface area contributed by atoms with Gasteiger partial charge in [0.25, 0.3) is 0 Å². The van der Waals surface area contributed by atoms with Crippen molar-refractivity contribution in [2.24, 2.45) is 5.73 Å². The van der Waals surface area contributed by atoms with E-state index in [0.29, 0.717) is 19.6 Å². The van der Waals surface area contributed by atoms with Crippen LogP contribution >= 0.6 is 11.3 Å². The molecule has 7 heteroatoms. The molecule has 1 aromatic heterocycles. The third-order valence-corrected chi connectivity index (χ3v) is 5.05. The lowest BCUT2D eigenvalue weighted by atomic mass is 10.1. The molecular formula is C17H21N3O3S. The molecular weight excluding hydrogens is 326 g/mol. The van der Waals surface area contributed by atoms with E-state index in [4.69, 9.17) is 15.2 Å². The number of carbonyl (C=O) groups is 1. The molecule has 1 aromatic carbocycles. The van der Waals surface area contributed by atoms with Gasteiger partial charge in [-0.25, -0.2) is 4.98 Å². The van der Waals surface area contributed by atoms with Crippen LogP contribution in [0.5, 0.6) is 5.75 Å². The van der Waals surface area contributed by atoms with Crippen molar-refractivity contribution >= 4 is 17.2 Å². The molecule has 2 aromatic rings. The van der Waals surface area contributed by atoms with Crippen molar-refractivity contribution in [2.75, 3.05) is 26.9 Å². The maximum absolute atomic E-state index is 11.2. The summed E-state index contributed by atoms with van der Waals surface area (Å²) in [4.78, 5) is 19.2. The second-order valence-corrected chi connectivity index (χ2v) is 6.85. The first kappa shape index (κ1) is 16.9. The molecule has 1 fully saturated rings. The fourth-order valence-electron chi connectivity index (χ4n) is 2.79. The molecule has 0 unspecified atom stereocenters. The van der Waals surface area contributed by atoms with Crippen molar-refractivity contribution in [3.8, 4) is 16.3 Å². The summed E-state index contributed by atoms with van der Waals surface area (Å²) < 4.78 is 10.7. The molecule has 2 heterocycles. The van der Waals surface area contributed by atoms with Crippen LogP contribution in [0.15, 0.2) is 30.5 Å². The van der Waals surface area contributed by atoms with Crippen LogP contribution in [0.4, 0.5) is 0 Å². The number of primary amides is 1. The minimum absolute atomic E-state index is 0.0404. The zero-order chi connectivity index (χ0) is 16.9. The van der Waals surface area contributed by atoms with Gasteiger partial charge in [0.1, 0.15) is 10.8 Å². The molecule has 1 saturated heterocycles. The highest BCUT2D eigenvalue weighted by Gasteiger charge is 2.25. The van der Waals surface area contributed by atoms with E-state index in [9.17, 15) is 4.79 Å². The third-order valence-electron chi connectivity index (χ3n) is 4.02. The summed E-state index contributed by atoms with van der Waals surface area (Å²) in [5.74, 6) is 0.524. The molecule has 2 N–H and O–H groups in total. The molecule has 1 atom stereocenters. The van der Waals surface area contributed by atoms with Crippen LogP contribution in [0.2, 0.25) is 0 Å². The van der Waals surface area contributed by atoms with E-state index in [-0.39, 0.29) is 11.9 Å². The maximum atomic E-state index is 11.2. The number of thiazole rings is 1. The Morgan fingerprint density at radius 3 is 3.21 bits per heavy atom. The highest BCUT2D eigenvalue weighted by atomic mass is 32.1. The Hall–Kier alpha value is -1.96. The first-order chi connectivity index (χ1) is 11.7. The predicted molar refractivity (Wildman–Crippen MR) is 92.9 cm³/mol. The molecule has 0 saturated carbocycles. The van der Waals surface area contributed by atoms with Crippen molar-refractivity contribution in [1.82, 2.24) is 9.88 Å². The topological polar surface area (TPSA) is 77.7 Å². The van der Waals surface area contributed by atoms with Gasteiger partial charge >= 0.3 is 0 Å². The van der Waals surface area contributed by atoms with Crippen LogP contribution in [0, 0.1) is 0 Å². The standard InChI is InChI=1S/C17H21N3O3S/c1-22-14-4-2-3-12(7-14)17-19-9-15(24-17)10-20-5-6-23-11-13(20)8-16(18)21/h2-4,7,9,13H,5-6,8,10-11H2,1H3,(H2,18,21)/t13-/m0/s1. The number of methoxy groups -OCH3 is 1. The first-order valence-corrected chi connectivity index (χ1v) is 8.66. The van der Waals surface area contributed by atoms with E-state index in [1.807, 2.05) is 30.5 Å². The van der Waals surface area contributed by atoms with Gasteiger partial charge in [0.2, 0.25) is 5.91 Å². The molecule has 128 valence electrons. The van der Waals surface area contributed by atoms with Gasteiger partial charge in [0.05, 0.1) is 20.3 Å². The van der Waals surface area contributed by atoms with E-state index in [2.05, 4.69) is 9.88 Å². The Balaban J connectivity index is 1.71. The monoisotopic (exact) mass is 347 g/mol. The zero-order valence-electron chi connectivity index (χ0n) is 13.6. The third kappa shape index (κ3) is 4.11. The van der Waals surface area contributed by atoms with E-state index < -0.39 is 0 Å². The number of nitrogens with two attached hydrogens (primary N) is 1. The van der Waals surface area contributed by atoms with E-state index in [1.165, 1.54) is 0 Å². The molecule has 1 aliphatic heterocycles. The lowest BCUT2D eigenvalue weighted by molar-refractivity contribution is -0.121. The lowest BCUT2D eigenvalue weighted by Crippen LogP contribution is -2.46. The predicted octanol–water partition coefficient (Wildman–Crippen LogP) is 1.89. The minimum atomic E-state index is -0.295. The largest absolute Gasteiger partial charge is 0.497 e. The summed E-state index contributed by atoms with van der Waals surface area (Å²) in [5.41, 5.74) is 6.39. The number of ether oxygens (including phenoxy) is 2. The molecule has 0 radical (unpaired) electrons. The van der Waals surface area contributed by atoms with Gasteiger partial charge in [-0.15, -0.1) is 11.3 Å². The summed E-state index contributed by atoms with van der Waals surface area (Å²) in [6.07, 6.45) is 2.22. The van der Waals surface area contributed by atoms with Crippen molar-refractivity contribution < 1.29 is 14.3 Å². The Morgan fingerprint density at radius 1 is 1.54 bits per heavy atom. The summed E-state index contributed by atoms with van der Waals surface area (Å²) >= 11 is 1.65. The number of morpholine rings is 1. The second-order valence-electron chi connectivity index (χ2n) is 5.73. The quantitative estimate of drug-likeness (QED) is 0.863. The molecule has 1 amide bonds. The molecule has 6 nitrogen and oxygen atoms in total. The van der Waals surface area contributed by atoms with Crippen LogP contribution in [-0.2, 0) is 16.1 Å². The fourth-order valence-corrected chi connectivity index (χ4v) is 3.72. The number of nitrogens with zero attached hydrogens (tertiary/aromatic N) is 2. The maximum Gasteiger partial charge on any atom is 0.219 e. The van der Waals surface area contributed by atoms with Gasteiger partial charge in [-0.2, -0.15) is 0 Å². The average molecular weight is 347 g/mol. The second kappa shape index (κ2) is 7.74. The molecule has 0 spiro atoms. The summed E-state index contributed by atoms with van der Waals surface area (Å²) in [6, 6.07) is 7.92. The molecule has 24 heavy (non-hydrogen) atoms. The number of aromatic nitrogens is 1. The summed E-state index contributed by atoms with van der Waals surface area (Å²) in [7, 11) is 1.66. The summed E-state index contributed by atoms with van der Waals surface area (Å²) in [6.45, 7) is 2.77. The Bertz CT molecular complexity index is 704. The first-order valence-electron chi connectivity index (χ1n) is 7.85. The number of hydrogen-bond donors (Lipinski definition) is 1. The van der Waals surface area contributed by atoms with Gasteiger partial charge in [0.15, 0.2) is 0 Å². The molecule has 0 aliphatic carbocycles. The smallest absolute Gasteiger partial charge is 0.219 e. The Morgan fingerprint density at radius 2 is 2.42 bits per heavy atom. The number of hydrogen-bond acceptors (Lipinski definition) is 6. The van der Waals surface area contributed by atoms with Crippen molar-refractivity contribution in [2.45, 2.75) is 19.0 Å². The number of rotatable bonds is 6. The van der Waals surface area contributed by atoms with Crippen molar-refractivity contribution in [3.05, 3.63) is 35.3 Å². The number of benzene rings is 1. The number of carbonyl (C=O) groups excluding carboxylic acids is 1. The molecule has 3 rings (SSSR count). The van der Waals surface area contributed by atoms with E-state index in [1.54, 1.807) is 18.4 Å².